The summed E-state index contributed by atoms with van der Waals surface area (Å²) < 4.78 is 0. The molecule has 0 unspecified atom stereocenters. The van der Waals surface area contributed by atoms with Crippen LogP contribution in [0.15, 0.2) is 48.5 Å². The number of hydrogen-bond donors (Lipinski definition) is 0. The number of nitro benzene ring substituents is 1. The van der Waals surface area contributed by atoms with Gasteiger partial charge in [-0.15, -0.1) is 0 Å². The highest BCUT2D eigenvalue weighted by Gasteiger charge is 2.18. The zero-order chi connectivity index (χ0) is 13.1. The van der Waals surface area contributed by atoms with Gasteiger partial charge in [0.05, 0.1) is 4.92 Å². The maximum absolute atomic E-state index is 11.0. The Labute approximate surface area is 110 Å². The van der Waals surface area contributed by atoms with E-state index in [2.05, 4.69) is 0 Å². The van der Waals surface area contributed by atoms with Crippen LogP contribution in [0.2, 0.25) is 5.02 Å². The van der Waals surface area contributed by atoms with Crippen LogP contribution < -0.4 is 4.90 Å². The molecule has 5 heteroatoms. The van der Waals surface area contributed by atoms with Crippen molar-refractivity contribution in [2.75, 3.05) is 11.9 Å². The van der Waals surface area contributed by atoms with Gasteiger partial charge in [-0.25, -0.2) is 0 Å². The van der Waals surface area contributed by atoms with Crippen molar-refractivity contribution in [3.63, 3.8) is 0 Å². The first-order chi connectivity index (χ1) is 8.59. The second-order valence-electron chi connectivity index (χ2n) is 3.78. The van der Waals surface area contributed by atoms with Gasteiger partial charge >= 0.3 is 0 Å². The molecule has 0 radical (unpaired) electrons. The fourth-order valence-electron chi connectivity index (χ4n) is 1.72. The maximum Gasteiger partial charge on any atom is 0.294 e. The van der Waals surface area contributed by atoms with Crippen molar-refractivity contribution in [3.8, 4) is 0 Å². The molecule has 0 aliphatic rings. The summed E-state index contributed by atoms with van der Waals surface area (Å²) in [5.74, 6) is 0. The fourth-order valence-corrected chi connectivity index (χ4v) is 1.88. The predicted octanol–water partition coefficient (Wildman–Crippen LogP) is 4.02. The van der Waals surface area contributed by atoms with E-state index < -0.39 is 4.92 Å². The number of halogens is 1. The summed E-state index contributed by atoms with van der Waals surface area (Å²) in [6.07, 6.45) is 0. The number of benzene rings is 2. The minimum atomic E-state index is -0.430. The molecule has 0 amide bonds. The lowest BCUT2D eigenvalue weighted by molar-refractivity contribution is -0.384. The number of nitrogens with zero attached hydrogens (tertiary/aromatic N) is 2. The van der Waals surface area contributed by atoms with Crippen LogP contribution in [0.5, 0.6) is 0 Å². The van der Waals surface area contributed by atoms with Crippen LogP contribution in [-0.2, 0) is 0 Å². The van der Waals surface area contributed by atoms with E-state index in [-0.39, 0.29) is 5.69 Å². The summed E-state index contributed by atoms with van der Waals surface area (Å²) in [6.45, 7) is 0. The van der Waals surface area contributed by atoms with Gasteiger partial charge in [0.25, 0.3) is 5.69 Å². The van der Waals surface area contributed by atoms with Crippen LogP contribution in [-0.4, -0.2) is 12.0 Å². The molecule has 0 spiro atoms. The number of hydrogen-bond acceptors (Lipinski definition) is 3. The molecular formula is C13H11ClN2O2. The number of rotatable bonds is 3. The van der Waals surface area contributed by atoms with Gasteiger partial charge in [0, 0.05) is 23.8 Å². The van der Waals surface area contributed by atoms with Crippen LogP contribution in [0.4, 0.5) is 17.1 Å². The molecule has 2 rings (SSSR count). The Morgan fingerprint density at radius 1 is 1.17 bits per heavy atom. The molecule has 2 aromatic rings. The van der Waals surface area contributed by atoms with Gasteiger partial charge in [0.1, 0.15) is 5.69 Å². The summed E-state index contributed by atoms with van der Waals surface area (Å²) in [5.41, 5.74) is 1.38. The van der Waals surface area contributed by atoms with Crippen LogP contribution >= 0.6 is 11.6 Å². The molecule has 0 fully saturated rings. The van der Waals surface area contributed by atoms with Gasteiger partial charge in [-0.3, -0.25) is 10.1 Å². The average molecular weight is 263 g/mol. The molecule has 0 saturated carbocycles. The monoisotopic (exact) mass is 262 g/mol. The van der Waals surface area contributed by atoms with Crippen molar-refractivity contribution in [3.05, 3.63) is 63.7 Å². The Morgan fingerprint density at radius 2 is 1.83 bits per heavy atom. The van der Waals surface area contributed by atoms with Crippen LogP contribution in [0.1, 0.15) is 0 Å². The summed E-state index contributed by atoms with van der Waals surface area (Å²) >= 11 is 5.79. The Bertz CT molecular complexity index is 572. The molecule has 18 heavy (non-hydrogen) atoms. The average Bonchev–Trinajstić information content (AvgIpc) is 2.39. The second-order valence-corrected chi connectivity index (χ2v) is 4.22. The zero-order valence-electron chi connectivity index (χ0n) is 9.71. The van der Waals surface area contributed by atoms with Crippen molar-refractivity contribution in [1.29, 1.82) is 0 Å². The van der Waals surface area contributed by atoms with Gasteiger partial charge in [0.15, 0.2) is 0 Å². The lowest BCUT2D eigenvalue weighted by atomic mass is 10.2. The maximum atomic E-state index is 11.0. The molecule has 0 aliphatic carbocycles. The predicted molar refractivity (Wildman–Crippen MR) is 72.6 cm³/mol. The van der Waals surface area contributed by atoms with Crippen LogP contribution in [0.3, 0.4) is 0 Å². The molecule has 0 aliphatic heterocycles. The van der Waals surface area contributed by atoms with E-state index in [1.165, 1.54) is 6.07 Å². The summed E-state index contributed by atoms with van der Waals surface area (Å²) in [4.78, 5) is 12.4. The van der Waals surface area contributed by atoms with E-state index in [0.29, 0.717) is 10.7 Å². The van der Waals surface area contributed by atoms with Crippen LogP contribution in [0.25, 0.3) is 0 Å². The van der Waals surface area contributed by atoms with Crippen molar-refractivity contribution < 1.29 is 4.92 Å². The Balaban J connectivity index is 2.48. The van der Waals surface area contributed by atoms with Gasteiger partial charge in [-0.05, 0) is 24.3 Å². The first-order valence-corrected chi connectivity index (χ1v) is 5.70. The van der Waals surface area contributed by atoms with Crippen LogP contribution in [0, 0.1) is 10.1 Å². The third-order valence-electron chi connectivity index (χ3n) is 2.64. The van der Waals surface area contributed by atoms with Gasteiger partial charge in [-0.1, -0.05) is 29.8 Å². The molecule has 0 heterocycles. The van der Waals surface area contributed by atoms with E-state index in [1.807, 2.05) is 30.3 Å². The van der Waals surface area contributed by atoms with Gasteiger partial charge in [0.2, 0.25) is 0 Å². The number of anilines is 2. The third kappa shape index (κ3) is 2.43. The molecular weight excluding hydrogens is 252 g/mol. The summed E-state index contributed by atoms with van der Waals surface area (Å²) in [6, 6.07) is 14.1. The number of nitro groups is 1. The molecule has 2 aromatic carbocycles. The standard InChI is InChI=1S/C13H11ClN2O2/c1-15(11-5-3-2-4-6-11)12-8-7-10(14)9-13(12)16(17)18/h2-9H,1H3. The quantitative estimate of drug-likeness (QED) is 0.620. The van der Waals surface area contributed by atoms with Crippen molar-refractivity contribution in [2.45, 2.75) is 0 Å². The topological polar surface area (TPSA) is 46.4 Å². The molecule has 4 nitrogen and oxygen atoms in total. The van der Waals surface area contributed by atoms with E-state index in [4.69, 9.17) is 11.6 Å². The molecule has 0 saturated heterocycles. The van der Waals surface area contributed by atoms with E-state index in [9.17, 15) is 10.1 Å². The molecule has 0 aromatic heterocycles. The third-order valence-corrected chi connectivity index (χ3v) is 2.87. The van der Waals surface area contributed by atoms with Crippen molar-refractivity contribution >= 4 is 28.7 Å². The Kier molecular flexibility index (Phi) is 3.48. The highest BCUT2D eigenvalue weighted by molar-refractivity contribution is 6.30. The smallest absolute Gasteiger partial charge is 0.294 e. The van der Waals surface area contributed by atoms with Gasteiger partial charge < -0.3 is 4.90 Å². The highest BCUT2D eigenvalue weighted by Crippen LogP contribution is 2.34. The first-order valence-electron chi connectivity index (χ1n) is 5.32. The molecule has 92 valence electrons. The van der Waals surface area contributed by atoms with Crippen molar-refractivity contribution in [1.82, 2.24) is 0 Å². The fraction of sp³-hybridized carbons (Fsp3) is 0.0769. The first kappa shape index (κ1) is 12.4. The lowest BCUT2D eigenvalue weighted by Crippen LogP contribution is -2.11. The van der Waals surface area contributed by atoms with Crippen molar-refractivity contribution in [2.24, 2.45) is 0 Å². The number of para-hydroxylation sites is 1. The largest absolute Gasteiger partial charge is 0.339 e. The highest BCUT2D eigenvalue weighted by atomic mass is 35.5. The minimum absolute atomic E-state index is 0.00569. The Hall–Kier alpha value is -2.07. The zero-order valence-corrected chi connectivity index (χ0v) is 10.5. The SMILES string of the molecule is CN(c1ccccc1)c1ccc(Cl)cc1[N+](=O)[O-]. The molecule has 0 N–H and O–H groups in total. The van der Waals surface area contributed by atoms with Gasteiger partial charge in [-0.2, -0.15) is 0 Å². The second kappa shape index (κ2) is 5.06. The van der Waals surface area contributed by atoms with E-state index in [1.54, 1.807) is 24.1 Å². The van der Waals surface area contributed by atoms with E-state index in [0.717, 1.165) is 5.69 Å². The summed E-state index contributed by atoms with van der Waals surface area (Å²) in [7, 11) is 1.78. The minimum Gasteiger partial charge on any atom is -0.339 e. The lowest BCUT2D eigenvalue weighted by Gasteiger charge is -2.19. The normalized spacial score (nSPS) is 10.1. The molecule has 0 bridgehead atoms. The summed E-state index contributed by atoms with van der Waals surface area (Å²) in [5, 5.41) is 11.4. The van der Waals surface area contributed by atoms with E-state index >= 15 is 0 Å². The molecule has 0 atom stereocenters. The Morgan fingerprint density at radius 3 is 2.44 bits per heavy atom.